The predicted molar refractivity (Wildman–Crippen MR) is 96.6 cm³/mol. The topological polar surface area (TPSA) is 114 Å². The summed E-state index contributed by atoms with van der Waals surface area (Å²) in [6, 6.07) is 11.0. The van der Waals surface area contributed by atoms with Gasteiger partial charge in [-0.25, -0.2) is 0 Å². The van der Waals surface area contributed by atoms with Crippen molar-refractivity contribution < 1.29 is 18.8 Å². The summed E-state index contributed by atoms with van der Waals surface area (Å²) in [7, 11) is 0. The maximum Gasteiger partial charge on any atom is 0.244 e. The van der Waals surface area contributed by atoms with Crippen LogP contribution in [0, 0.1) is 0 Å². The number of benzene rings is 1. The number of nitrogens with two attached hydrogens (primary N) is 1. The molecule has 0 radical (unpaired) electrons. The fraction of sp³-hybridized carbons (Fsp3) is 0.211. The highest BCUT2D eigenvalue weighted by Gasteiger charge is 2.23. The molecule has 0 spiro atoms. The Kier molecular flexibility index (Phi) is 6.73. The molecule has 1 aromatic carbocycles. The zero-order valence-electron chi connectivity index (χ0n) is 14.3. The van der Waals surface area contributed by atoms with Crippen LogP contribution in [0.5, 0.6) is 0 Å². The second-order valence-corrected chi connectivity index (χ2v) is 5.73. The van der Waals surface area contributed by atoms with Gasteiger partial charge in [0.05, 0.1) is 6.26 Å². The highest BCUT2D eigenvalue weighted by atomic mass is 16.3. The molecule has 0 saturated heterocycles. The Labute approximate surface area is 151 Å². The van der Waals surface area contributed by atoms with E-state index in [-0.39, 0.29) is 6.42 Å². The van der Waals surface area contributed by atoms with Gasteiger partial charge >= 0.3 is 0 Å². The third kappa shape index (κ3) is 5.94. The molecule has 1 aromatic heterocycles. The van der Waals surface area contributed by atoms with Gasteiger partial charge in [-0.05, 0) is 30.7 Å². The first-order valence-corrected chi connectivity index (χ1v) is 8.11. The van der Waals surface area contributed by atoms with Crippen LogP contribution in [0.3, 0.4) is 0 Å². The predicted octanol–water partition coefficient (Wildman–Crippen LogP) is 1.01. The molecule has 0 bridgehead atoms. The van der Waals surface area contributed by atoms with Gasteiger partial charge in [0.15, 0.2) is 0 Å². The number of amides is 3. The van der Waals surface area contributed by atoms with E-state index >= 15 is 0 Å². The van der Waals surface area contributed by atoms with E-state index in [0.717, 1.165) is 5.56 Å². The van der Waals surface area contributed by atoms with Gasteiger partial charge in [-0.2, -0.15) is 0 Å². The van der Waals surface area contributed by atoms with E-state index in [1.165, 1.54) is 25.3 Å². The minimum atomic E-state index is -0.854. The normalized spacial score (nSPS) is 13.1. The first-order valence-electron chi connectivity index (χ1n) is 8.11. The number of hydrogen-bond acceptors (Lipinski definition) is 4. The number of primary amides is 1. The van der Waals surface area contributed by atoms with E-state index in [4.69, 9.17) is 10.2 Å². The molecule has 0 aliphatic carbocycles. The second kappa shape index (κ2) is 9.22. The molecule has 2 aromatic rings. The molecule has 0 fully saturated rings. The fourth-order valence-electron chi connectivity index (χ4n) is 2.21. The lowest BCUT2D eigenvalue weighted by Crippen LogP contribution is -2.52. The molecular formula is C19H21N3O4. The van der Waals surface area contributed by atoms with Gasteiger partial charge in [-0.3, -0.25) is 14.4 Å². The molecule has 0 aliphatic heterocycles. The van der Waals surface area contributed by atoms with E-state index in [2.05, 4.69) is 10.6 Å². The lowest BCUT2D eigenvalue weighted by Gasteiger charge is -2.19. The van der Waals surface area contributed by atoms with Gasteiger partial charge < -0.3 is 20.8 Å². The summed E-state index contributed by atoms with van der Waals surface area (Å²) in [5.41, 5.74) is 6.05. The lowest BCUT2D eigenvalue weighted by molar-refractivity contribution is -0.130. The highest BCUT2D eigenvalue weighted by molar-refractivity contribution is 5.96. The van der Waals surface area contributed by atoms with Crippen molar-refractivity contribution in [2.24, 2.45) is 5.73 Å². The SMILES string of the molecule is C[C@H](NC(=O)[C@H](Cc1ccccc1)NC(=O)/C=C/c1ccco1)C(N)=O. The Morgan fingerprint density at radius 1 is 1.12 bits per heavy atom. The van der Waals surface area contributed by atoms with E-state index in [1.807, 2.05) is 30.3 Å². The van der Waals surface area contributed by atoms with Crippen molar-refractivity contribution in [3.63, 3.8) is 0 Å². The summed E-state index contributed by atoms with van der Waals surface area (Å²) >= 11 is 0. The maximum absolute atomic E-state index is 12.5. The van der Waals surface area contributed by atoms with Crippen molar-refractivity contribution in [2.75, 3.05) is 0 Å². The van der Waals surface area contributed by atoms with Crippen LogP contribution in [0.4, 0.5) is 0 Å². The van der Waals surface area contributed by atoms with Crippen molar-refractivity contribution in [2.45, 2.75) is 25.4 Å². The standard InChI is InChI=1S/C19H21N3O4/c1-13(18(20)24)21-19(25)16(12-14-6-3-2-4-7-14)22-17(23)10-9-15-8-5-11-26-15/h2-11,13,16H,12H2,1H3,(H2,20,24)(H,21,25)(H,22,23)/b10-9+/t13-,16-/m0/s1. The molecule has 7 nitrogen and oxygen atoms in total. The molecular weight excluding hydrogens is 334 g/mol. The van der Waals surface area contributed by atoms with Gasteiger partial charge in [0, 0.05) is 12.5 Å². The smallest absolute Gasteiger partial charge is 0.244 e. The Hall–Kier alpha value is -3.35. The third-order valence-electron chi connectivity index (χ3n) is 3.64. The van der Waals surface area contributed by atoms with Gasteiger partial charge in [0.2, 0.25) is 17.7 Å². The van der Waals surface area contributed by atoms with E-state index in [9.17, 15) is 14.4 Å². The van der Waals surface area contributed by atoms with E-state index < -0.39 is 29.8 Å². The summed E-state index contributed by atoms with van der Waals surface area (Å²) < 4.78 is 5.11. The molecule has 7 heteroatoms. The summed E-state index contributed by atoms with van der Waals surface area (Å²) in [6.45, 7) is 1.48. The van der Waals surface area contributed by atoms with Crippen LogP contribution in [0.1, 0.15) is 18.2 Å². The van der Waals surface area contributed by atoms with Crippen molar-refractivity contribution in [3.05, 3.63) is 66.1 Å². The minimum Gasteiger partial charge on any atom is -0.465 e. The molecule has 3 amide bonds. The number of carbonyl (C=O) groups is 3. The van der Waals surface area contributed by atoms with Crippen LogP contribution in [0.2, 0.25) is 0 Å². The molecule has 2 atom stereocenters. The average Bonchev–Trinajstić information content (AvgIpc) is 3.13. The summed E-state index contributed by atoms with van der Waals surface area (Å²) in [5, 5.41) is 5.14. The highest BCUT2D eigenvalue weighted by Crippen LogP contribution is 2.05. The van der Waals surface area contributed by atoms with Crippen LogP contribution in [-0.2, 0) is 20.8 Å². The summed E-state index contributed by atoms with van der Waals surface area (Å²) in [5.74, 6) is -1.07. The minimum absolute atomic E-state index is 0.276. The van der Waals surface area contributed by atoms with E-state index in [0.29, 0.717) is 5.76 Å². The average molecular weight is 355 g/mol. The molecule has 1 heterocycles. The maximum atomic E-state index is 12.5. The lowest BCUT2D eigenvalue weighted by atomic mass is 10.0. The van der Waals surface area contributed by atoms with Crippen LogP contribution in [0.25, 0.3) is 6.08 Å². The van der Waals surface area contributed by atoms with Crippen LogP contribution in [-0.4, -0.2) is 29.8 Å². The van der Waals surface area contributed by atoms with Crippen molar-refractivity contribution in [1.29, 1.82) is 0 Å². The van der Waals surface area contributed by atoms with Crippen LogP contribution in [0.15, 0.2) is 59.2 Å². The quantitative estimate of drug-likeness (QED) is 0.613. The van der Waals surface area contributed by atoms with Gasteiger partial charge in [-0.15, -0.1) is 0 Å². The van der Waals surface area contributed by atoms with Gasteiger partial charge in [-0.1, -0.05) is 30.3 Å². The number of furan rings is 1. The molecule has 136 valence electrons. The summed E-state index contributed by atoms with van der Waals surface area (Å²) in [6.07, 6.45) is 4.55. The van der Waals surface area contributed by atoms with Crippen molar-refractivity contribution in [3.8, 4) is 0 Å². The van der Waals surface area contributed by atoms with Crippen molar-refractivity contribution >= 4 is 23.8 Å². The van der Waals surface area contributed by atoms with Crippen LogP contribution < -0.4 is 16.4 Å². The molecule has 0 aliphatic rings. The zero-order valence-corrected chi connectivity index (χ0v) is 14.3. The zero-order chi connectivity index (χ0) is 18.9. The monoisotopic (exact) mass is 355 g/mol. The Balaban J connectivity index is 2.07. The third-order valence-corrected chi connectivity index (χ3v) is 3.64. The number of nitrogens with one attached hydrogen (secondary N) is 2. The molecule has 4 N–H and O–H groups in total. The molecule has 0 saturated carbocycles. The van der Waals surface area contributed by atoms with Crippen LogP contribution >= 0.6 is 0 Å². The van der Waals surface area contributed by atoms with Crippen molar-refractivity contribution in [1.82, 2.24) is 10.6 Å². The largest absolute Gasteiger partial charge is 0.465 e. The molecule has 2 rings (SSSR count). The second-order valence-electron chi connectivity index (χ2n) is 5.73. The summed E-state index contributed by atoms with van der Waals surface area (Å²) in [4.78, 5) is 35.8. The van der Waals surface area contributed by atoms with Gasteiger partial charge in [0.25, 0.3) is 0 Å². The first-order chi connectivity index (χ1) is 12.5. The number of hydrogen-bond donors (Lipinski definition) is 3. The van der Waals surface area contributed by atoms with E-state index in [1.54, 1.807) is 12.1 Å². The Bertz CT molecular complexity index is 769. The molecule has 0 unspecified atom stereocenters. The molecule has 26 heavy (non-hydrogen) atoms. The number of carbonyl (C=O) groups excluding carboxylic acids is 3. The fourth-order valence-corrected chi connectivity index (χ4v) is 2.21. The van der Waals surface area contributed by atoms with Gasteiger partial charge in [0.1, 0.15) is 17.8 Å². The number of rotatable bonds is 8. The Morgan fingerprint density at radius 2 is 1.85 bits per heavy atom. The Morgan fingerprint density at radius 3 is 2.46 bits per heavy atom. The first kappa shape index (κ1) is 19.0.